The highest BCUT2D eigenvalue weighted by Crippen LogP contribution is 2.24. The molecular weight excluding hydrogens is 357 g/mol. The molecule has 0 aliphatic rings. The van der Waals surface area contributed by atoms with Crippen molar-refractivity contribution in [2.75, 3.05) is 7.05 Å². The average Bonchev–Trinajstić information content (AvgIpc) is 2.44. The van der Waals surface area contributed by atoms with Crippen molar-refractivity contribution in [3.63, 3.8) is 0 Å². The highest BCUT2D eigenvalue weighted by atomic mass is 79.9. The number of amides is 1. The SMILES string of the molecule is CC(c1ccc(F)cc1)N(C)C(=O)c1cc(Cl)cc(Br)c1. The van der Waals surface area contributed by atoms with Crippen molar-refractivity contribution >= 4 is 33.4 Å². The maximum atomic E-state index is 13.0. The largest absolute Gasteiger partial charge is 0.335 e. The Kier molecular flexibility index (Phi) is 5.01. The molecule has 0 fully saturated rings. The van der Waals surface area contributed by atoms with Crippen LogP contribution in [-0.4, -0.2) is 17.9 Å². The molecule has 0 aliphatic carbocycles. The molecule has 21 heavy (non-hydrogen) atoms. The van der Waals surface area contributed by atoms with E-state index >= 15 is 0 Å². The lowest BCUT2D eigenvalue weighted by Gasteiger charge is -2.25. The number of nitrogens with zero attached hydrogens (tertiary/aromatic N) is 1. The van der Waals surface area contributed by atoms with Crippen LogP contribution in [0.3, 0.4) is 0 Å². The van der Waals surface area contributed by atoms with Crippen molar-refractivity contribution in [3.05, 3.63) is 68.9 Å². The maximum Gasteiger partial charge on any atom is 0.254 e. The van der Waals surface area contributed by atoms with Gasteiger partial charge in [-0.2, -0.15) is 0 Å². The number of carbonyl (C=O) groups is 1. The predicted molar refractivity (Wildman–Crippen MR) is 86.1 cm³/mol. The zero-order valence-electron chi connectivity index (χ0n) is 11.6. The van der Waals surface area contributed by atoms with Crippen LogP contribution in [0.4, 0.5) is 4.39 Å². The van der Waals surface area contributed by atoms with Gasteiger partial charge in [-0.15, -0.1) is 0 Å². The van der Waals surface area contributed by atoms with Gasteiger partial charge >= 0.3 is 0 Å². The second kappa shape index (κ2) is 6.58. The number of hydrogen-bond donors (Lipinski definition) is 0. The summed E-state index contributed by atoms with van der Waals surface area (Å²) in [7, 11) is 1.71. The van der Waals surface area contributed by atoms with Gasteiger partial charge < -0.3 is 4.90 Å². The summed E-state index contributed by atoms with van der Waals surface area (Å²) < 4.78 is 13.7. The van der Waals surface area contributed by atoms with E-state index in [4.69, 9.17) is 11.6 Å². The maximum absolute atomic E-state index is 13.0. The number of halogens is 3. The number of hydrogen-bond acceptors (Lipinski definition) is 1. The lowest BCUT2D eigenvalue weighted by Crippen LogP contribution is -2.29. The molecular formula is C16H14BrClFNO. The van der Waals surface area contributed by atoms with Crippen molar-refractivity contribution in [2.24, 2.45) is 0 Å². The van der Waals surface area contributed by atoms with Crippen LogP contribution in [0.5, 0.6) is 0 Å². The fraction of sp³-hybridized carbons (Fsp3) is 0.188. The summed E-state index contributed by atoms with van der Waals surface area (Å²) in [6.07, 6.45) is 0. The first-order chi connectivity index (χ1) is 9.88. The van der Waals surface area contributed by atoms with Crippen molar-refractivity contribution in [1.29, 1.82) is 0 Å². The van der Waals surface area contributed by atoms with Crippen LogP contribution in [0.1, 0.15) is 28.9 Å². The molecule has 2 aromatic carbocycles. The van der Waals surface area contributed by atoms with Crippen LogP contribution >= 0.6 is 27.5 Å². The quantitative estimate of drug-likeness (QED) is 0.738. The Morgan fingerprint density at radius 3 is 2.43 bits per heavy atom. The summed E-state index contributed by atoms with van der Waals surface area (Å²) >= 11 is 9.29. The Hall–Kier alpha value is -1.39. The fourth-order valence-electron chi connectivity index (χ4n) is 2.02. The van der Waals surface area contributed by atoms with E-state index in [1.807, 2.05) is 6.92 Å². The zero-order chi connectivity index (χ0) is 15.6. The van der Waals surface area contributed by atoms with Crippen LogP contribution in [-0.2, 0) is 0 Å². The van der Waals surface area contributed by atoms with Crippen molar-refractivity contribution in [3.8, 4) is 0 Å². The first-order valence-corrected chi connectivity index (χ1v) is 7.54. The average molecular weight is 371 g/mol. The molecule has 0 heterocycles. The number of rotatable bonds is 3. The van der Waals surface area contributed by atoms with E-state index in [0.29, 0.717) is 10.6 Å². The molecule has 0 N–H and O–H groups in total. The minimum absolute atomic E-state index is 0.143. The van der Waals surface area contributed by atoms with Gasteiger partial charge in [0.2, 0.25) is 0 Å². The van der Waals surface area contributed by atoms with Gasteiger partial charge in [0.1, 0.15) is 5.82 Å². The zero-order valence-corrected chi connectivity index (χ0v) is 14.0. The Labute approximate surface area is 136 Å². The van der Waals surface area contributed by atoms with E-state index in [9.17, 15) is 9.18 Å². The van der Waals surface area contributed by atoms with Crippen LogP contribution in [0, 0.1) is 5.82 Å². The summed E-state index contributed by atoms with van der Waals surface area (Å²) in [5.41, 5.74) is 1.37. The van der Waals surface area contributed by atoms with Crippen LogP contribution in [0.15, 0.2) is 46.9 Å². The van der Waals surface area contributed by atoms with Gasteiger partial charge in [-0.25, -0.2) is 4.39 Å². The third-order valence-corrected chi connectivity index (χ3v) is 4.04. The second-order valence-electron chi connectivity index (χ2n) is 4.80. The van der Waals surface area contributed by atoms with Crippen molar-refractivity contribution in [2.45, 2.75) is 13.0 Å². The Bertz CT molecular complexity index is 640. The van der Waals surface area contributed by atoms with Gasteiger partial charge in [0.25, 0.3) is 5.91 Å². The molecule has 1 amide bonds. The number of benzene rings is 2. The Morgan fingerprint density at radius 1 is 1.24 bits per heavy atom. The normalized spacial score (nSPS) is 12.0. The molecule has 1 unspecified atom stereocenters. The van der Waals surface area contributed by atoms with E-state index in [-0.39, 0.29) is 17.8 Å². The Balaban J connectivity index is 2.23. The third-order valence-electron chi connectivity index (χ3n) is 3.36. The Morgan fingerprint density at radius 2 is 1.86 bits per heavy atom. The lowest BCUT2D eigenvalue weighted by molar-refractivity contribution is 0.0742. The molecule has 0 aliphatic heterocycles. The van der Waals surface area contributed by atoms with Gasteiger partial charge in [-0.3, -0.25) is 4.79 Å². The molecule has 2 rings (SSSR count). The van der Waals surface area contributed by atoms with E-state index in [2.05, 4.69) is 15.9 Å². The van der Waals surface area contributed by atoms with Gasteiger partial charge in [-0.05, 0) is 42.8 Å². The van der Waals surface area contributed by atoms with Crippen LogP contribution in [0.2, 0.25) is 5.02 Å². The first kappa shape index (κ1) is 16.0. The van der Waals surface area contributed by atoms with Gasteiger partial charge in [0.15, 0.2) is 0 Å². The molecule has 0 bridgehead atoms. The molecule has 0 radical (unpaired) electrons. The summed E-state index contributed by atoms with van der Waals surface area (Å²) in [5, 5.41) is 0.496. The summed E-state index contributed by atoms with van der Waals surface area (Å²) in [5.74, 6) is -0.436. The molecule has 5 heteroatoms. The highest BCUT2D eigenvalue weighted by Gasteiger charge is 2.19. The van der Waals surface area contributed by atoms with Crippen molar-refractivity contribution < 1.29 is 9.18 Å². The summed E-state index contributed by atoms with van der Waals surface area (Å²) in [6.45, 7) is 1.89. The van der Waals surface area contributed by atoms with E-state index in [1.54, 1.807) is 42.3 Å². The predicted octanol–water partition coefficient (Wildman–Crippen LogP) is 5.07. The monoisotopic (exact) mass is 369 g/mol. The van der Waals surface area contributed by atoms with Crippen molar-refractivity contribution in [1.82, 2.24) is 4.90 Å². The van der Waals surface area contributed by atoms with Gasteiger partial charge in [0, 0.05) is 22.1 Å². The van der Waals surface area contributed by atoms with E-state index < -0.39 is 0 Å². The molecule has 0 aromatic heterocycles. The lowest BCUT2D eigenvalue weighted by atomic mass is 10.1. The van der Waals surface area contributed by atoms with Crippen LogP contribution < -0.4 is 0 Å². The van der Waals surface area contributed by atoms with Gasteiger partial charge in [-0.1, -0.05) is 39.7 Å². The standard InChI is InChI=1S/C16H14BrClFNO/c1-10(11-3-5-15(19)6-4-11)20(2)16(21)12-7-13(17)9-14(18)8-12/h3-10H,1-2H3. The minimum Gasteiger partial charge on any atom is -0.335 e. The first-order valence-electron chi connectivity index (χ1n) is 6.37. The molecule has 2 aromatic rings. The molecule has 110 valence electrons. The smallest absolute Gasteiger partial charge is 0.254 e. The summed E-state index contributed by atoms with van der Waals surface area (Å²) in [4.78, 5) is 14.1. The second-order valence-corrected chi connectivity index (χ2v) is 6.15. The van der Waals surface area contributed by atoms with Crippen LogP contribution in [0.25, 0.3) is 0 Å². The third kappa shape index (κ3) is 3.83. The fourth-order valence-corrected chi connectivity index (χ4v) is 2.88. The van der Waals surface area contributed by atoms with Gasteiger partial charge in [0.05, 0.1) is 6.04 Å². The highest BCUT2D eigenvalue weighted by molar-refractivity contribution is 9.10. The summed E-state index contributed by atoms with van der Waals surface area (Å²) in [6, 6.07) is 11.0. The minimum atomic E-state index is -0.293. The molecule has 1 atom stereocenters. The van der Waals surface area contributed by atoms with E-state index in [1.165, 1.54) is 12.1 Å². The molecule has 2 nitrogen and oxygen atoms in total. The molecule has 0 saturated heterocycles. The number of carbonyl (C=O) groups excluding carboxylic acids is 1. The molecule has 0 saturated carbocycles. The molecule has 0 spiro atoms. The topological polar surface area (TPSA) is 20.3 Å². The van der Waals surface area contributed by atoms with E-state index in [0.717, 1.165) is 10.0 Å².